The standard InChI is InChI=1S/C15H17BrN2O/c1-10-4-5-12-13(7-10)14(16)8-18-15(12)19-9-11-3-2-6-17-11/h4-5,7-8,11,17H,2-3,6,9H2,1H3. The SMILES string of the molecule is Cc1ccc2c(OCC3CCCN3)ncc(Br)c2c1. The summed E-state index contributed by atoms with van der Waals surface area (Å²) in [5.41, 5.74) is 1.24. The second-order valence-corrected chi connectivity index (χ2v) is 5.92. The van der Waals surface area contributed by atoms with E-state index in [1.807, 2.05) is 6.20 Å². The van der Waals surface area contributed by atoms with E-state index in [2.05, 4.69) is 51.4 Å². The first-order chi connectivity index (χ1) is 9.24. The minimum absolute atomic E-state index is 0.464. The summed E-state index contributed by atoms with van der Waals surface area (Å²) in [6.45, 7) is 3.88. The zero-order valence-electron chi connectivity index (χ0n) is 10.9. The number of rotatable bonds is 3. The normalized spacial score (nSPS) is 18.9. The summed E-state index contributed by atoms with van der Waals surface area (Å²) in [6.07, 6.45) is 4.24. The summed E-state index contributed by atoms with van der Waals surface area (Å²) in [6, 6.07) is 6.80. The van der Waals surface area contributed by atoms with Crippen LogP contribution in [0.25, 0.3) is 10.8 Å². The molecule has 0 amide bonds. The lowest BCUT2D eigenvalue weighted by molar-refractivity contribution is 0.271. The van der Waals surface area contributed by atoms with Gasteiger partial charge in [0.25, 0.3) is 0 Å². The van der Waals surface area contributed by atoms with E-state index in [1.165, 1.54) is 18.4 Å². The van der Waals surface area contributed by atoms with Gasteiger partial charge in [0.1, 0.15) is 6.61 Å². The van der Waals surface area contributed by atoms with Gasteiger partial charge >= 0.3 is 0 Å². The van der Waals surface area contributed by atoms with Crippen LogP contribution in [-0.4, -0.2) is 24.2 Å². The van der Waals surface area contributed by atoms with Gasteiger partial charge in [0.2, 0.25) is 5.88 Å². The van der Waals surface area contributed by atoms with Gasteiger partial charge in [-0.3, -0.25) is 0 Å². The fraction of sp³-hybridized carbons (Fsp3) is 0.400. The highest BCUT2D eigenvalue weighted by Gasteiger charge is 2.15. The number of pyridine rings is 1. The summed E-state index contributed by atoms with van der Waals surface area (Å²) in [4.78, 5) is 4.40. The molecular weight excluding hydrogens is 304 g/mol. The number of hydrogen-bond donors (Lipinski definition) is 1. The lowest BCUT2D eigenvalue weighted by Crippen LogP contribution is -2.28. The topological polar surface area (TPSA) is 34.1 Å². The van der Waals surface area contributed by atoms with Gasteiger partial charge in [0.05, 0.1) is 0 Å². The van der Waals surface area contributed by atoms with Gasteiger partial charge in [0.15, 0.2) is 0 Å². The van der Waals surface area contributed by atoms with Crippen molar-refractivity contribution in [3.8, 4) is 5.88 Å². The maximum Gasteiger partial charge on any atom is 0.221 e. The number of fused-ring (bicyclic) bond motifs is 1. The predicted octanol–water partition coefficient (Wildman–Crippen LogP) is 3.44. The Morgan fingerprint density at radius 1 is 1.42 bits per heavy atom. The average molecular weight is 321 g/mol. The van der Waals surface area contributed by atoms with Crippen molar-refractivity contribution in [2.24, 2.45) is 0 Å². The van der Waals surface area contributed by atoms with E-state index < -0.39 is 0 Å². The van der Waals surface area contributed by atoms with Crippen LogP contribution in [0.3, 0.4) is 0 Å². The molecule has 3 nitrogen and oxygen atoms in total. The highest BCUT2D eigenvalue weighted by molar-refractivity contribution is 9.10. The van der Waals surface area contributed by atoms with Crippen LogP contribution in [0.1, 0.15) is 18.4 Å². The van der Waals surface area contributed by atoms with Gasteiger partial charge in [-0.25, -0.2) is 4.98 Å². The maximum atomic E-state index is 5.90. The smallest absolute Gasteiger partial charge is 0.221 e. The number of nitrogens with one attached hydrogen (secondary N) is 1. The predicted molar refractivity (Wildman–Crippen MR) is 80.7 cm³/mol. The first-order valence-electron chi connectivity index (χ1n) is 6.65. The van der Waals surface area contributed by atoms with Crippen molar-refractivity contribution in [2.45, 2.75) is 25.8 Å². The number of benzene rings is 1. The van der Waals surface area contributed by atoms with Crippen molar-refractivity contribution >= 4 is 26.7 Å². The third kappa shape index (κ3) is 2.74. The number of aryl methyl sites for hydroxylation is 1. The van der Waals surface area contributed by atoms with Gasteiger partial charge in [-0.15, -0.1) is 0 Å². The van der Waals surface area contributed by atoms with Crippen LogP contribution in [0.15, 0.2) is 28.9 Å². The van der Waals surface area contributed by atoms with Crippen molar-refractivity contribution in [1.29, 1.82) is 0 Å². The first kappa shape index (κ1) is 12.9. The van der Waals surface area contributed by atoms with E-state index in [4.69, 9.17) is 4.74 Å². The molecule has 0 bridgehead atoms. The molecule has 1 aliphatic heterocycles. The molecule has 100 valence electrons. The average Bonchev–Trinajstić information content (AvgIpc) is 2.92. The van der Waals surface area contributed by atoms with Crippen LogP contribution in [-0.2, 0) is 0 Å². The Balaban J connectivity index is 1.88. The van der Waals surface area contributed by atoms with E-state index in [0.29, 0.717) is 12.6 Å². The molecule has 2 aromatic rings. The van der Waals surface area contributed by atoms with Crippen LogP contribution in [0.4, 0.5) is 0 Å². The maximum absolute atomic E-state index is 5.90. The molecular formula is C15H17BrN2O. The Hall–Kier alpha value is -1.13. The van der Waals surface area contributed by atoms with E-state index in [0.717, 1.165) is 27.7 Å². The molecule has 1 unspecified atom stereocenters. The zero-order valence-corrected chi connectivity index (χ0v) is 12.5. The number of halogens is 1. The fourth-order valence-corrected chi connectivity index (χ4v) is 2.92. The second kappa shape index (κ2) is 5.47. The van der Waals surface area contributed by atoms with Crippen molar-refractivity contribution in [2.75, 3.05) is 13.2 Å². The molecule has 1 aromatic heterocycles. The van der Waals surface area contributed by atoms with Crippen molar-refractivity contribution in [1.82, 2.24) is 10.3 Å². The molecule has 1 aliphatic rings. The number of aromatic nitrogens is 1. The largest absolute Gasteiger partial charge is 0.476 e. The van der Waals surface area contributed by atoms with Gasteiger partial charge < -0.3 is 10.1 Å². The van der Waals surface area contributed by atoms with Crippen LogP contribution in [0.5, 0.6) is 5.88 Å². The van der Waals surface area contributed by atoms with E-state index in [9.17, 15) is 0 Å². The minimum atomic E-state index is 0.464. The van der Waals surface area contributed by atoms with Crippen molar-refractivity contribution in [3.05, 3.63) is 34.4 Å². The van der Waals surface area contributed by atoms with Crippen LogP contribution < -0.4 is 10.1 Å². The summed E-state index contributed by atoms with van der Waals surface area (Å²) in [5, 5.41) is 5.66. The van der Waals surface area contributed by atoms with E-state index >= 15 is 0 Å². The monoisotopic (exact) mass is 320 g/mol. The Morgan fingerprint density at radius 3 is 3.11 bits per heavy atom. The minimum Gasteiger partial charge on any atom is -0.476 e. The fourth-order valence-electron chi connectivity index (χ4n) is 2.49. The van der Waals surface area contributed by atoms with Crippen LogP contribution in [0.2, 0.25) is 0 Å². The van der Waals surface area contributed by atoms with Crippen LogP contribution >= 0.6 is 15.9 Å². The summed E-state index contributed by atoms with van der Waals surface area (Å²) < 4.78 is 6.92. The van der Waals surface area contributed by atoms with Gasteiger partial charge in [-0.1, -0.05) is 17.7 Å². The molecule has 1 aromatic carbocycles. The number of nitrogens with zero attached hydrogens (tertiary/aromatic N) is 1. The Bertz CT molecular complexity index is 594. The quantitative estimate of drug-likeness (QED) is 0.940. The van der Waals surface area contributed by atoms with Crippen LogP contribution in [0, 0.1) is 6.92 Å². The Kier molecular flexibility index (Phi) is 3.71. The lowest BCUT2D eigenvalue weighted by Gasteiger charge is -2.13. The molecule has 1 N–H and O–H groups in total. The highest BCUT2D eigenvalue weighted by Crippen LogP contribution is 2.30. The molecule has 1 atom stereocenters. The zero-order chi connectivity index (χ0) is 13.2. The van der Waals surface area contributed by atoms with Gasteiger partial charge in [0, 0.05) is 27.5 Å². The number of ether oxygens (including phenoxy) is 1. The molecule has 0 spiro atoms. The Morgan fingerprint density at radius 2 is 2.32 bits per heavy atom. The van der Waals surface area contributed by atoms with Gasteiger partial charge in [-0.2, -0.15) is 0 Å². The summed E-state index contributed by atoms with van der Waals surface area (Å²) in [7, 11) is 0. The van der Waals surface area contributed by atoms with Crippen molar-refractivity contribution < 1.29 is 4.74 Å². The Labute approximate surface area is 121 Å². The highest BCUT2D eigenvalue weighted by atomic mass is 79.9. The third-order valence-corrected chi connectivity index (χ3v) is 4.17. The third-order valence-electron chi connectivity index (χ3n) is 3.54. The number of hydrogen-bond acceptors (Lipinski definition) is 3. The second-order valence-electron chi connectivity index (χ2n) is 5.06. The van der Waals surface area contributed by atoms with E-state index in [1.54, 1.807) is 0 Å². The summed E-state index contributed by atoms with van der Waals surface area (Å²) >= 11 is 3.55. The molecule has 0 aliphatic carbocycles. The molecule has 19 heavy (non-hydrogen) atoms. The molecule has 0 saturated carbocycles. The van der Waals surface area contributed by atoms with E-state index in [-0.39, 0.29) is 0 Å². The molecule has 2 heterocycles. The van der Waals surface area contributed by atoms with Crippen molar-refractivity contribution in [3.63, 3.8) is 0 Å². The molecule has 3 rings (SSSR count). The first-order valence-corrected chi connectivity index (χ1v) is 7.44. The molecule has 0 radical (unpaired) electrons. The molecule has 4 heteroatoms. The summed E-state index contributed by atoms with van der Waals surface area (Å²) in [5.74, 6) is 0.729. The van der Waals surface area contributed by atoms with Gasteiger partial charge in [-0.05, 0) is 48.3 Å². The lowest BCUT2D eigenvalue weighted by atomic mass is 10.1. The molecule has 1 fully saturated rings. The molecule has 1 saturated heterocycles.